The van der Waals surface area contributed by atoms with Crippen molar-refractivity contribution in [1.82, 2.24) is 0 Å². The first-order valence-electron chi connectivity index (χ1n) is 3.27. The molecule has 0 aromatic carbocycles. The molecule has 0 fully saturated rings. The molecule has 0 rings (SSSR count). The first kappa shape index (κ1) is 16.0. The Morgan fingerprint density at radius 1 is 1.54 bits per heavy atom. The van der Waals surface area contributed by atoms with E-state index in [0.29, 0.717) is 0 Å². The molecular weight excluding hydrogens is 207 g/mol. The predicted molar refractivity (Wildman–Crippen MR) is 43.4 cm³/mol. The molecule has 13 heavy (non-hydrogen) atoms. The molecule has 7 heteroatoms. The molecular formula is C6H12NaO5S+. The summed E-state index contributed by atoms with van der Waals surface area (Å²) in [4.78, 5) is 0. The molecule has 2 N–H and O–H groups in total. The predicted octanol–water partition coefficient (Wildman–Crippen LogP) is -3.56. The van der Waals surface area contributed by atoms with Crippen molar-refractivity contribution in [1.29, 1.82) is 0 Å². The second kappa shape index (κ2) is 7.93. The molecule has 0 aliphatic carbocycles. The second-order valence-electron chi connectivity index (χ2n) is 2.23. The first-order valence-corrected chi connectivity index (χ1v) is 4.88. The smallest absolute Gasteiger partial charge is 0.390 e. The molecule has 0 aliphatic rings. The molecule has 72 valence electrons. The number of rotatable bonds is 6. The minimum Gasteiger partial charge on any atom is -0.390 e. The van der Waals surface area contributed by atoms with E-state index in [1.165, 1.54) is 6.08 Å². The fourth-order valence-electron chi connectivity index (χ4n) is 0.579. The molecule has 0 bridgehead atoms. The van der Waals surface area contributed by atoms with Crippen LogP contribution in [0.4, 0.5) is 0 Å². The summed E-state index contributed by atoms with van der Waals surface area (Å²) in [7, 11) is -4.12. The number of ether oxygens (including phenoxy) is 1. The molecule has 0 aromatic heterocycles. The van der Waals surface area contributed by atoms with E-state index in [1.807, 2.05) is 0 Å². The van der Waals surface area contributed by atoms with Gasteiger partial charge in [0, 0.05) is 0 Å². The standard InChI is InChI=1S/C6H12O5S.Na/c1-2-3-11-4-6(7)5-12(8,9)10;/h2,6-7H,1,3-5H2,(H,8,9,10);/q;+1. The molecule has 0 aromatic rings. The van der Waals surface area contributed by atoms with Crippen LogP contribution in [-0.2, 0) is 14.9 Å². The minimum absolute atomic E-state index is 0. The number of aliphatic hydroxyl groups is 1. The van der Waals surface area contributed by atoms with Gasteiger partial charge in [-0.05, 0) is 0 Å². The van der Waals surface area contributed by atoms with Crippen LogP contribution in [0.15, 0.2) is 12.7 Å². The fourth-order valence-corrected chi connectivity index (χ4v) is 1.16. The van der Waals surface area contributed by atoms with Crippen molar-refractivity contribution < 1.29 is 52.4 Å². The number of hydrogen-bond acceptors (Lipinski definition) is 4. The summed E-state index contributed by atoms with van der Waals surface area (Å²) in [6.45, 7) is 3.46. The third kappa shape index (κ3) is 12.6. The van der Waals surface area contributed by atoms with Crippen LogP contribution in [0.5, 0.6) is 0 Å². The number of hydrogen-bond donors (Lipinski definition) is 2. The molecule has 0 heterocycles. The van der Waals surface area contributed by atoms with Gasteiger partial charge in [-0.15, -0.1) is 6.58 Å². The van der Waals surface area contributed by atoms with E-state index in [4.69, 9.17) is 14.4 Å². The summed E-state index contributed by atoms with van der Waals surface area (Å²) in [5.41, 5.74) is 0. The van der Waals surface area contributed by atoms with Gasteiger partial charge in [0.15, 0.2) is 0 Å². The summed E-state index contributed by atoms with van der Waals surface area (Å²) >= 11 is 0. The summed E-state index contributed by atoms with van der Waals surface area (Å²) in [5, 5.41) is 8.91. The van der Waals surface area contributed by atoms with Crippen molar-refractivity contribution >= 4 is 10.1 Å². The van der Waals surface area contributed by atoms with Crippen molar-refractivity contribution in [3.8, 4) is 0 Å². The molecule has 0 spiro atoms. The van der Waals surface area contributed by atoms with E-state index in [-0.39, 0.29) is 42.8 Å². The van der Waals surface area contributed by atoms with Crippen LogP contribution in [-0.4, -0.2) is 43.1 Å². The van der Waals surface area contributed by atoms with Crippen LogP contribution in [0.1, 0.15) is 0 Å². The van der Waals surface area contributed by atoms with E-state index in [2.05, 4.69) is 6.58 Å². The maximum Gasteiger partial charge on any atom is 1.00 e. The van der Waals surface area contributed by atoms with Crippen molar-refractivity contribution in [2.75, 3.05) is 19.0 Å². The Morgan fingerprint density at radius 3 is 2.46 bits per heavy atom. The molecule has 0 amide bonds. The summed E-state index contributed by atoms with van der Waals surface area (Å²) in [5.74, 6) is -0.704. The summed E-state index contributed by atoms with van der Waals surface area (Å²) < 4.78 is 33.4. The monoisotopic (exact) mass is 219 g/mol. The van der Waals surface area contributed by atoms with Crippen LogP contribution in [0, 0.1) is 0 Å². The van der Waals surface area contributed by atoms with Gasteiger partial charge >= 0.3 is 29.6 Å². The van der Waals surface area contributed by atoms with Gasteiger partial charge in [-0.2, -0.15) is 8.42 Å². The Labute approximate surface area is 99.8 Å². The van der Waals surface area contributed by atoms with E-state index < -0.39 is 22.0 Å². The fraction of sp³-hybridized carbons (Fsp3) is 0.667. The topological polar surface area (TPSA) is 83.8 Å². The van der Waals surface area contributed by atoms with E-state index >= 15 is 0 Å². The molecule has 0 aliphatic heterocycles. The van der Waals surface area contributed by atoms with Gasteiger partial charge in [0.25, 0.3) is 10.1 Å². The third-order valence-electron chi connectivity index (χ3n) is 0.949. The van der Waals surface area contributed by atoms with Crippen LogP contribution >= 0.6 is 0 Å². The van der Waals surface area contributed by atoms with Gasteiger partial charge < -0.3 is 9.84 Å². The van der Waals surface area contributed by atoms with Gasteiger partial charge in [-0.1, -0.05) is 6.08 Å². The van der Waals surface area contributed by atoms with Gasteiger partial charge in [-0.3, -0.25) is 4.55 Å². The first-order chi connectivity index (χ1) is 5.45. The summed E-state index contributed by atoms with van der Waals surface area (Å²) in [6, 6.07) is 0. The molecule has 0 saturated heterocycles. The average molecular weight is 219 g/mol. The van der Waals surface area contributed by atoms with Crippen molar-refractivity contribution in [3.05, 3.63) is 12.7 Å². The molecule has 0 saturated carbocycles. The quantitative estimate of drug-likeness (QED) is 0.209. The summed E-state index contributed by atoms with van der Waals surface area (Å²) in [6.07, 6.45) is 0.278. The van der Waals surface area contributed by atoms with E-state index in [9.17, 15) is 8.42 Å². The normalized spacial score (nSPS) is 13.1. The third-order valence-corrected chi connectivity index (χ3v) is 1.75. The van der Waals surface area contributed by atoms with Gasteiger partial charge in [0.1, 0.15) is 5.75 Å². The van der Waals surface area contributed by atoms with Gasteiger partial charge in [-0.25, -0.2) is 0 Å². The molecule has 1 unspecified atom stereocenters. The van der Waals surface area contributed by atoms with Crippen molar-refractivity contribution in [2.24, 2.45) is 0 Å². The zero-order valence-electron chi connectivity index (χ0n) is 7.51. The van der Waals surface area contributed by atoms with Crippen molar-refractivity contribution in [2.45, 2.75) is 6.10 Å². The van der Waals surface area contributed by atoms with Gasteiger partial charge in [0.2, 0.25) is 0 Å². The Kier molecular flexibility index (Phi) is 9.77. The van der Waals surface area contributed by atoms with Crippen LogP contribution in [0.3, 0.4) is 0 Å². The van der Waals surface area contributed by atoms with Crippen molar-refractivity contribution in [3.63, 3.8) is 0 Å². The Hall–Kier alpha value is 0.570. The average Bonchev–Trinajstić information content (AvgIpc) is 1.84. The SMILES string of the molecule is C=CCOCC(O)CS(=O)(=O)O.[Na+]. The maximum atomic E-state index is 10.2. The van der Waals surface area contributed by atoms with E-state index in [0.717, 1.165) is 0 Å². The van der Waals surface area contributed by atoms with Crippen LogP contribution in [0.25, 0.3) is 0 Å². The maximum absolute atomic E-state index is 10.2. The Balaban J connectivity index is 0. The Bertz CT molecular complexity index is 225. The van der Waals surface area contributed by atoms with Crippen LogP contribution in [0.2, 0.25) is 0 Å². The second-order valence-corrected chi connectivity index (χ2v) is 3.73. The van der Waals surface area contributed by atoms with E-state index in [1.54, 1.807) is 0 Å². The molecule has 1 atom stereocenters. The molecule has 5 nitrogen and oxygen atoms in total. The van der Waals surface area contributed by atoms with Gasteiger partial charge in [0.05, 0.1) is 19.3 Å². The zero-order chi connectivity index (χ0) is 9.61. The number of aliphatic hydroxyl groups excluding tert-OH is 1. The largest absolute Gasteiger partial charge is 1.00 e. The Morgan fingerprint density at radius 2 is 2.08 bits per heavy atom. The minimum atomic E-state index is -4.12. The molecule has 0 radical (unpaired) electrons. The van der Waals surface area contributed by atoms with Crippen LogP contribution < -0.4 is 29.6 Å². The zero-order valence-corrected chi connectivity index (χ0v) is 10.3.